The van der Waals surface area contributed by atoms with E-state index < -0.39 is 33.6 Å². The SMILES string of the molecule is O=C(CC(c1cccc([N+](=O)[O-])c1)N1C(=O)C2C3C=CC(C3)C2C1=O)Nc1ccc([N+](=O)[O-])cc1. The van der Waals surface area contributed by atoms with Gasteiger partial charge in [0.1, 0.15) is 0 Å². The lowest BCUT2D eigenvalue weighted by atomic mass is 9.85. The van der Waals surface area contributed by atoms with Gasteiger partial charge in [0.05, 0.1) is 34.1 Å². The number of amides is 3. The minimum atomic E-state index is -1.03. The zero-order chi connectivity index (χ0) is 24.9. The van der Waals surface area contributed by atoms with Crippen LogP contribution >= 0.6 is 0 Å². The Kier molecular flexibility index (Phi) is 5.39. The summed E-state index contributed by atoms with van der Waals surface area (Å²) in [7, 11) is 0. The summed E-state index contributed by atoms with van der Waals surface area (Å²) in [5, 5.41) is 24.8. The molecule has 35 heavy (non-hydrogen) atoms. The number of nitro groups is 2. The van der Waals surface area contributed by atoms with Crippen molar-refractivity contribution in [3.63, 3.8) is 0 Å². The van der Waals surface area contributed by atoms with Crippen molar-refractivity contribution in [1.29, 1.82) is 0 Å². The number of carbonyl (C=O) groups is 3. The molecule has 1 aliphatic heterocycles. The summed E-state index contributed by atoms with van der Waals surface area (Å²) in [4.78, 5) is 61.9. The first-order valence-electron chi connectivity index (χ1n) is 11.1. The molecule has 2 fully saturated rings. The van der Waals surface area contributed by atoms with Gasteiger partial charge in [0, 0.05) is 30.0 Å². The fourth-order valence-electron chi connectivity index (χ4n) is 5.49. The molecule has 11 nitrogen and oxygen atoms in total. The number of hydrogen-bond donors (Lipinski definition) is 1. The lowest BCUT2D eigenvalue weighted by Crippen LogP contribution is -2.38. The van der Waals surface area contributed by atoms with Crippen molar-refractivity contribution in [2.45, 2.75) is 18.9 Å². The molecular weight excluding hydrogens is 456 g/mol. The van der Waals surface area contributed by atoms with Gasteiger partial charge < -0.3 is 5.32 Å². The number of imide groups is 1. The summed E-state index contributed by atoms with van der Waals surface area (Å²) in [5.74, 6) is -2.27. The van der Waals surface area contributed by atoms with Crippen LogP contribution in [0.5, 0.6) is 0 Å². The number of benzene rings is 2. The van der Waals surface area contributed by atoms with Crippen LogP contribution in [0.4, 0.5) is 17.1 Å². The molecule has 2 bridgehead atoms. The van der Waals surface area contributed by atoms with Gasteiger partial charge in [-0.3, -0.25) is 39.5 Å². The molecule has 5 rings (SSSR count). The molecule has 2 aromatic rings. The lowest BCUT2D eigenvalue weighted by molar-refractivity contribution is -0.385. The van der Waals surface area contributed by atoms with E-state index in [1.54, 1.807) is 6.07 Å². The van der Waals surface area contributed by atoms with E-state index in [-0.39, 0.29) is 41.4 Å². The van der Waals surface area contributed by atoms with E-state index in [2.05, 4.69) is 5.32 Å². The Morgan fingerprint density at radius 3 is 2.11 bits per heavy atom. The van der Waals surface area contributed by atoms with Crippen LogP contribution in [0.1, 0.15) is 24.4 Å². The van der Waals surface area contributed by atoms with Crippen LogP contribution in [0, 0.1) is 43.9 Å². The number of allylic oxidation sites excluding steroid dienone is 2. The number of likely N-dealkylation sites (tertiary alicyclic amines) is 1. The molecule has 0 spiro atoms. The standard InChI is InChI=1S/C24H20N4O7/c29-20(25-16-6-8-17(9-7-16)27(32)33)12-19(13-2-1-3-18(11-13)28(34)35)26-23(30)21-14-4-5-15(10-14)22(21)24(26)31/h1-9,11,14-15,19,21-22H,10,12H2,(H,25,29). The van der Waals surface area contributed by atoms with Crippen molar-refractivity contribution >= 4 is 34.8 Å². The number of rotatable bonds is 7. The molecule has 2 aliphatic carbocycles. The number of nitrogens with one attached hydrogen (secondary N) is 1. The average Bonchev–Trinajstić information content (AvgIpc) is 3.52. The molecule has 3 amide bonds. The zero-order valence-electron chi connectivity index (χ0n) is 18.3. The zero-order valence-corrected chi connectivity index (χ0v) is 18.3. The maximum absolute atomic E-state index is 13.4. The Labute approximate surface area is 198 Å². The molecule has 1 heterocycles. The number of nitrogens with zero attached hydrogens (tertiary/aromatic N) is 3. The van der Waals surface area contributed by atoms with Gasteiger partial charge in [-0.1, -0.05) is 24.3 Å². The molecule has 0 aromatic heterocycles. The highest BCUT2D eigenvalue weighted by atomic mass is 16.6. The van der Waals surface area contributed by atoms with Crippen molar-refractivity contribution in [3.8, 4) is 0 Å². The van der Waals surface area contributed by atoms with Gasteiger partial charge in [-0.15, -0.1) is 0 Å². The van der Waals surface area contributed by atoms with Crippen LogP contribution in [0.3, 0.4) is 0 Å². The van der Waals surface area contributed by atoms with Crippen LogP contribution in [-0.4, -0.2) is 32.5 Å². The monoisotopic (exact) mass is 476 g/mol. The summed E-state index contributed by atoms with van der Waals surface area (Å²) < 4.78 is 0. The molecule has 11 heteroatoms. The van der Waals surface area contributed by atoms with Gasteiger partial charge in [0.25, 0.3) is 11.4 Å². The second kappa shape index (κ2) is 8.42. The number of carbonyl (C=O) groups excluding carboxylic acids is 3. The van der Waals surface area contributed by atoms with Crippen molar-refractivity contribution in [2.75, 3.05) is 5.32 Å². The van der Waals surface area contributed by atoms with Gasteiger partial charge >= 0.3 is 0 Å². The van der Waals surface area contributed by atoms with Crippen molar-refractivity contribution in [3.05, 3.63) is 86.5 Å². The van der Waals surface area contributed by atoms with Gasteiger partial charge in [-0.05, 0) is 36.0 Å². The Balaban J connectivity index is 1.44. The first-order chi connectivity index (χ1) is 16.7. The molecule has 2 aromatic carbocycles. The third kappa shape index (κ3) is 3.84. The number of non-ortho nitro benzene ring substituents is 2. The molecule has 5 unspecified atom stereocenters. The third-order valence-corrected chi connectivity index (χ3v) is 7.02. The number of hydrogen-bond acceptors (Lipinski definition) is 7. The quantitative estimate of drug-likeness (QED) is 0.278. The first kappa shape index (κ1) is 22.4. The van der Waals surface area contributed by atoms with Gasteiger partial charge in [-0.2, -0.15) is 0 Å². The van der Waals surface area contributed by atoms with Crippen molar-refractivity contribution in [1.82, 2.24) is 4.90 Å². The van der Waals surface area contributed by atoms with Crippen LogP contribution in [0.2, 0.25) is 0 Å². The molecule has 3 aliphatic rings. The van der Waals surface area contributed by atoms with Gasteiger partial charge in [-0.25, -0.2) is 0 Å². The van der Waals surface area contributed by atoms with Gasteiger partial charge in [0.2, 0.25) is 17.7 Å². The van der Waals surface area contributed by atoms with Crippen molar-refractivity contribution < 1.29 is 24.2 Å². The molecule has 1 saturated heterocycles. The van der Waals surface area contributed by atoms with Crippen molar-refractivity contribution in [2.24, 2.45) is 23.7 Å². The predicted molar refractivity (Wildman–Crippen MR) is 122 cm³/mol. The Morgan fingerprint density at radius 2 is 1.54 bits per heavy atom. The number of fused-ring (bicyclic) bond motifs is 5. The first-order valence-corrected chi connectivity index (χ1v) is 11.1. The highest BCUT2D eigenvalue weighted by Crippen LogP contribution is 2.54. The molecule has 178 valence electrons. The highest BCUT2D eigenvalue weighted by Gasteiger charge is 2.60. The van der Waals surface area contributed by atoms with E-state index in [9.17, 15) is 34.6 Å². The minimum absolute atomic E-state index is 0.0221. The number of anilines is 1. The predicted octanol–water partition coefficient (Wildman–Crippen LogP) is 3.38. The lowest BCUT2D eigenvalue weighted by Gasteiger charge is -2.28. The van der Waals surface area contributed by atoms with E-state index in [0.717, 1.165) is 11.3 Å². The van der Waals surface area contributed by atoms with E-state index >= 15 is 0 Å². The molecule has 1 saturated carbocycles. The largest absolute Gasteiger partial charge is 0.326 e. The van der Waals surface area contributed by atoms with Gasteiger partial charge in [0.15, 0.2) is 0 Å². The summed E-state index contributed by atoms with van der Waals surface area (Å²) in [6.07, 6.45) is 4.36. The molecule has 0 radical (unpaired) electrons. The van der Waals surface area contributed by atoms with E-state index in [0.29, 0.717) is 11.3 Å². The average molecular weight is 476 g/mol. The van der Waals surface area contributed by atoms with E-state index in [1.807, 2.05) is 12.2 Å². The Bertz CT molecular complexity index is 1260. The second-order valence-corrected chi connectivity index (χ2v) is 8.97. The minimum Gasteiger partial charge on any atom is -0.326 e. The normalized spacial score (nSPS) is 25.0. The summed E-state index contributed by atoms with van der Waals surface area (Å²) in [6.45, 7) is 0. The van der Waals surface area contributed by atoms with Crippen LogP contribution in [-0.2, 0) is 14.4 Å². The van der Waals surface area contributed by atoms with Crippen LogP contribution < -0.4 is 5.32 Å². The number of nitro benzene ring substituents is 2. The Morgan fingerprint density at radius 1 is 0.943 bits per heavy atom. The Hall–Kier alpha value is -4.41. The van der Waals surface area contributed by atoms with E-state index in [4.69, 9.17) is 0 Å². The summed E-state index contributed by atoms with van der Waals surface area (Å²) in [5.41, 5.74) is 0.251. The topological polar surface area (TPSA) is 153 Å². The maximum Gasteiger partial charge on any atom is 0.269 e. The molecule has 1 N–H and O–H groups in total. The highest BCUT2D eigenvalue weighted by molar-refractivity contribution is 6.07. The van der Waals surface area contributed by atoms with Crippen LogP contribution in [0.15, 0.2) is 60.7 Å². The smallest absolute Gasteiger partial charge is 0.269 e. The summed E-state index contributed by atoms with van der Waals surface area (Å²) in [6, 6.07) is 9.77. The third-order valence-electron chi connectivity index (χ3n) is 7.02. The maximum atomic E-state index is 13.4. The fraction of sp³-hybridized carbons (Fsp3) is 0.292. The second-order valence-electron chi connectivity index (χ2n) is 8.97. The fourth-order valence-corrected chi connectivity index (χ4v) is 5.49. The molecule has 5 atom stereocenters. The van der Waals surface area contributed by atoms with E-state index in [1.165, 1.54) is 42.5 Å². The summed E-state index contributed by atoms with van der Waals surface area (Å²) >= 11 is 0. The molecular formula is C24H20N4O7. The van der Waals surface area contributed by atoms with Crippen LogP contribution in [0.25, 0.3) is 0 Å².